The molecule has 36 heavy (non-hydrogen) atoms. The van der Waals surface area contributed by atoms with Crippen LogP contribution < -0.4 is 25.2 Å². The number of methoxy groups -OCH3 is 2. The summed E-state index contributed by atoms with van der Waals surface area (Å²) < 4.78 is 15.9. The van der Waals surface area contributed by atoms with E-state index in [1.807, 2.05) is 53.4 Å². The second kappa shape index (κ2) is 10.0. The van der Waals surface area contributed by atoms with Crippen molar-refractivity contribution in [2.24, 2.45) is 5.92 Å². The first-order valence-electron chi connectivity index (χ1n) is 11.9. The number of nitrogens with zero attached hydrogens (tertiary/aromatic N) is 1. The molecule has 2 saturated heterocycles. The Labute approximate surface area is 210 Å². The number of hydrogen-bond donors (Lipinski definition) is 2. The fourth-order valence-electron chi connectivity index (χ4n) is 5.19. The SMILES string of the molecule is CCOC(=O)c1ccc(N2C(=O)C3NNC(c4ccc(OC)cc4)C3C2c2cccc(OC)c2)cc1. The molecule has 8 nitrogen and oxygen atoms in total. The molecule has 0 spiro atoms. The molecule has 5 rings (SSSR count). The van der Waals surface area contributed by atoms with Crippen molar-refractivity contribution in [2.45, 2.75) is 25.0 Å². The Morgan fingerprint density at radius 2 is 1.56 bits per heavy atom. The van der Waals surface area contributed by atoms with Crippen molar-refractivity contribution in [3.05, 3.63) is 89.5 Å². The predicted octanol–water partition coefficient (Wildman–Crippen LogP) is 3.80. The zero-order valence-electron chi connectivity index (χ0n) is 20.4. The molecule has 4 unspecified atom stereocenters. The van der Waals surface area contributed by atoms with Gasteiger partial charge in [0.2, 0.25) is 5.91 Å². The van der Waals surface area contributed by atoms with Gasteiger partial charge in [-0.15, -0.1) is 0 Å². The smallest absolute Gasteiger partial charge is 0.338 e. The van der Waals surface area contributed by atoms with E-state index in [2.05, 4.69) is 10.9 Å². The first kappa shape index (κ1) is 23.8. The molecule has 0 radical (unpaired) electrons. The minimum absolute atomic E-state index is 0.0415. The van der Waals surface area contributed by atoms with Gasteiger partial charge in [-0.25, -0.2) is 15.6 Å². The summed E-state index contributed by atoms with van der Waals surface area (Å²) in [6, 6.07) is 21.9. The van der Waals surface area contributed by atoms with Gasteiger partial charge in [0, 0.05) is 11.6 Å². The first-order valence-corrected chi connectivity index (χ1v) is 11.9. The molecule has 2 aliphatic heterocycles. The number of esters is 1. The van der Waals surface area contributed by atoms with Crippen molar-refractivity contribution in [3.8, 4) is 11.5 Å². The second-order valence-corrected chi connectivity index (χ2v) is 8.79. The molecule has 2 heterocycles. The van der Waals surface area contributed by atoms with Crippen molar-refractivity contribution in [2.75, 3.05) is 25.7 Å². The van der Waals surface area contributed by atoms with Crippen molar-refractivity contribution in [3.63, 3.8) is 0 Å². The van der Waals surface area contributed by atoms with Gasteiger partial charge < -0.3 is 19.1 Å². The number of hydrazine groups is 1. The highest BCUT2D eigenvalue weighted by molar-refractivity contribution is 6.02. The fraction of sp³-hybridized carbons (Fsp3) is 0.286. The van der Waals surface area contributed by atoms with Gasteiger partial charge in [0.15, 0.2) is 0 Å². The van der Waals surface area contributed by atoms with Gasteiger partial charge in [-0.2, -0.15) is 0 Å². The maximum Gasteiger partial charge on any atom is 0.338 e. The van der Waals surface area contributed by atoms with E-state index in [1.165, 1.54) is 0 Å². The maximum atomic E-state index is 13.8. The molecule has 3 aromatic carbocycles. The summed E-state index contributed by atoms with van der Waals surface area (Å²) in [5.74, 6) is 0.962. The molecule has 8 heteroatoms. The molecule has 2 fully saturated rings. The topological polar surface area (TPSA) is 89.1 Å². The van der Waals surface area contributed by atoms with Gasteiger partial charge in [0.25, 0.3) is 0 Å². The van der Waals surface area contributed by atoms with Crippen LogP contribution in [-0.2, 0) is 9.53 Å². The number of ether oxygens (including phenoxy) is 3. The number of rotatable bonds is 7. The summed E-state index contributed by atoms with van der Waals surface area (Å²) in [5.41, 5.74) is 9.77. The Kier molecular flexibility index (Phi) is 6.63. The van der Waals surface area contributed by atoms with E-state index in [4.69, 9.17) is 14.2 Å². The predicted molar refractivity (Wildman–Crippen MR) is 135 cm³/mol. The van der Waals surface area contributed by atoms with Gasteiger partial charge in [0.1, 0.15) is 17.5 Å². The third kappa shape index (κ3) is 4.19. The zero-order chi connectivity index (χ0) is 25.2. The number of amides is 1. The van der Waals surface area contributed by atoms with Crippen LogP contribution in [0.2, 0.25) is 0 Å². The standard InChI is InChI=1S/C28H29N3O5/c1-4-36-28(33)18-8-12-20(13-9-18)31-26(19-6-5-7-22(16-19)35-3)23-24(29-30-25(23)27(31)32)17-10-14-21(34-2)15-11-17/h5-16,23-26,29-30H,4H2,1-3H3. The minimum atomic E-state index is -0.432. The maximum absolute atomic E-state index is 13.8. The van der Waals surface area contributed by atoms with Gasteiger partial charge in [0.05, 0.1) is 38.5 Å². The van der Waals surface area contributed by atoms with Crippen LogP contribution in [0.3, 0.4) is 0 Å². The third-order valence-electron chi connectivity index (χ3n) is 6.88. The van der Waals surface area contributed by atoms with Gasteiger partial charge in [-0.1, -0.05) is 24.3 Å². The number of carbonyl (C=O) groups excluding carboxylic acids is 2. The second-order valence-electron chi connectivity index (χ2n) is 8.79. The van der Waals surface area contributed by atoms with Gasteiger partial charge >= 0.3 is 5.97 Å². The molecule has 2 aliphatic rings. The summed E-state index contributed by atoms with van der Waals surface area (Å²) in [4.78, 5) is 27.8. The largest absolute Gasteiger partial charge is 0.497 e. The molecule has 4 atom stereocenters. The molecule has 3 aromatic rings. The summed E-state index contributed by atoms with van der Waals surface area (Å²) in [7, 11) is 3.27. The van der Waals surface area contributed by atoms with E-state index in [1.54, 1.807) is 45.4 Å². The van der Waals surface area contributed by atoms with Crippen LogP contribution in [0.15, 0.2) is 72.8 Å². The minimum Gasteiger partial charge on any atom is -0.497 e. The molecule has 0 aliphatic carbocycles. The highest BCUT2D eigenvalue weighted by atomic mass is 16.5. The van der Waals surface area contributed by atoms with Crippen molar-refractivity contribution in [1.82, 2.24) is 10.9 Å². The molecule has 186 valence electrons. The Bertz CT molecular complexity index is 1240. The zero-order valence-corrected chi connectivity index (χ0v) is 20.4. The van der Waals surface area contributed by atoms with E-state index in [0.717, 1.165) is 22.6 Å². The normalized spacial score (nSPS) is 22.9. The van der Waals surface area contributed by atoms with Crippen LogP contribution in [0, 0.1) is 5.92 Å². The summed E-state index contributed by atoms with van der Waals surface area (Å²) >= 11 is 0. The van der Waals surface area contributed by atoms with Gasteiger partial charge in [-0.3, -0.25) is 4.79 Å². The first-order chi connectivity index (χ1) is 17.5. The number of benzene rings is 3. The number of nitrogens with one attached hydrogen (secondary N) is 2. The van der Waals surface area contributed by atoms with Crippen LogP contribution in [0.1, 0.15) is 40.5 Å². The van der Waals surface area contributed by atoms with Crippen molar-refractivity contribution < 1.29 is 23.8 Å². The monoisotopic (exact) mass is 487 g/mol. The number of hydrogen-bond acceptors (Lipinski definition) is 7. The fourth-order valence-corrected chi connectivity index (χ4v) is 5.19. The Morgan fingerprint density at radius 3 is 2.22 bits per heavy atom. The molecule has 1 amide bonds. The lowest BCUT2D eigenvalue weighted by molar-refractivity contribution is -0.119. The van der Waals surface area contributed by atoms with Gasteiger partial charge in [-0.05, 0) is 66.6 Å². The molecule has 0 aromatic heterocycles. The van der Waals surface area contributed by atoms with E-state index in [9.17, 15) is 9.59 Å². The Balaban J connectivity index is 1.56. The highest BCUT2D eigenvalue weighted by Crippen LogP contribution is 2.49. The molecular weight excluding hydrogens is 458 g/mol. The lowest BCUT2D eigenvalue weighted by Crippen LogP contribution is -2.41. The lowest BCUT2D eigenvalue weighted by atomic mass is 9.83. The third-order valence-corrected chi connectivity index (χ3v) is 6.88. The van der Waals surface area contributed by atoms with Crippen molar-refractivity contribution >= 4 is 17.6 Å². The summed E-state index contributed by atoms with van der Waals surface area (Å²) in [6.45, 7) is 2.07. The van der Waals surface area contributed by atoms with Crippen LogP contribution in [-0.4, -0.2) is 38.7 Å². The average Bonchev–Trinajstić information content (AvgIpc) is 3.48. The molecule has 0 saturated carbocycles. The number of fused-ring (bicyclic) bond motifs is 1. The van der Waals surface area contributed by atoms with E-state index in [-0.39, 0.29) is 29.9 Å². The van der Waals surface area contributed by atoms with E-state index >= 15 is 0 Å². The summed E-state index contributed by atoms with van der Waals surface area (Å²) in [5, 5.41) is 0. The lowest BCUT2D eigenvalue weighted by Gasteiger charge is -2.31. The Morgan fingerprint density at radius 1 is 0.861 bits per heavy atom. The molecular formula is C28H29N3O5. The van der Waals surface area contributed by atoms with Crippen molar-refractivity contribution in [1.29, 1.82) is 0 Å². The van der Waals surface area contributed by atoms with E-state index in [0.29, 0.717) is 17.9 Å². The van der Waals surface area contributed by atoms with Crippen LogP contribution in [0.25, 0.3) is 0 Å². The highest BCUT2D eigenvalue weighted by Gasteiger charge is 2.56. The Hall–Kier alpha value is -3.88. The van der Waals surface area contributed by atoms with Crippen LogP contribution >= 0.6 is 0 Å². The molecule has 0 bridgehead atoms. The number of anilines is 1. The number of carbonyl (C=O) groups is 2. The average molecular weight is 488 g/mol. The molecule has 2 N–H and O–H groups in total. The summed E-state index contributed by atoms with van der Waals surface area (Å²) in [6.07, 6.45) is 0. The quantitative estimate of drug-likeness (QED) is 0.490. The van der Waals surface area contributed by atoms with Crippen LogP contribution in [0.5, 0.6) is 11.5 Å². The van der Waals surface area contributed by atoms with Crippen LogP contribution in [0.4, 0.5) is 5.69 Å². The van der Waals surface area contributed by atoms with E-state index < -0.39 is 6.04 Å².